The van der Waals surface area contributed by atoms with Gasteiger partial charge >= 0.3 is 6.01 Å². The van der Waals surface area contributed by atoms with Gasteiger partial charge in [0.15, 0.2) is 11.5 Å². The van der Waals surface area contributed by atoms with Crippen LogP contribution in [0.3, 0.4) is 0 Å². The van der Waals surface area contributed by atoms with Gasteiger partial charge in [-0.05, 0) is 42.5 Å². The highest BCUT2D eigenvalue weighted by atomic mass is 19.1. The average molecular weight is 384 g/mol. The number of hydrogen-bond acceptors (Lipinski definition) is 7. The summed E-state index contributed by atoms with van der Waals surface area (Å²) in [6.45, 7) is 3.06. The van der Waals surface area contributed by atoms with E-state index in [4.69, 9.17) is 14.0 Å². The summed E-state index contributed by atoms with van der Waals surface area (Å²) >= 11 is 0. The molecule has 146 valence electrons. The lowest BCUT2D eigenvalue weighted by Gasteiger charge is -2.35. The number of benzene rings is 2. The van der Waals surface area contributed by atoms with Gasteiger partial charge in [0, 0.05) is 37.4 Å². The Morgan fingerprint density at radius 1 is 0.893 bits per heavy atom. The SMILES string of the molecule is COc1ccc(-c2noc(N3CCN(c4ccc(F)cc4)CC3)n2)cc1OC. The van der Waals surface area contributed by atoms with Gasteiger partial charge in [0.1, 0.15) is 5.82 Å². The smallest absolute Gasteiger partial charge is 0.324 e. The van der Waals surface area contributed by atoms with Gasteiger partial charge in [-0.1, -0.05) is 5.16 Å². The Hall–Kier alpha value is -3.29. The summed E-state index contributed by atoms with van der Waals surface area (Å²) in [5.74, 6) is 1.53. The van der Waals surface area contributed by atoms with Gasteiger partial charge in [-0.3, -0.25) is 0 Å². The highest BCUT2D eigenvalue weighted by Gasteiger charge is 2.22. The Labute approximate surface area is 162 Å². The first kappa shape index (κ1) is 18.1. The molecule has 1 fully saturated rings. The van der Waals surface area contributed by atoms with E-state index in [0.717, 1.165) is 37.4 Å². The van der Waals surface area contributed by atoms with Gasteiger partial charge in [0.2, 0.25) is 5.82 Å². The van der Waals surface area contributed by atoms with Crippen molar-refractivity contribution >= 4 is 11.7 Å². The number of piperazine rings is 1. The van der Waals surface area contributed by atoms with Crippen molar-refractivity contribution in [2.75, 3.05) is 50.2 Å². The molecule has 3 aromatic rings. The number of anilines is 2. The normalized spacial score (nSPS) is 14.2. The van der Waals surface area contributed by atoms with E-state index in [0.29, 0.717) is 23.3 Å². The first-order chi connectivity index (χ1) is 13.7. The molecule has 4 rings (SSSR count). The molecule has 7 nitrogen and oxygen atoms in total. The zero-order valence-corrected chi connectivity index (χ0v) is 15.8. The van der Waals surface area contributed by atoms with E-state index < -0.39 is 0 Å². The second kappa shape index (κ2) is 7.75. The Morgan fingerprint density at radius 2 is 1.57 bits per heavy atom. The van der Waals surface area contributed by atoms with E-state index in [1.54, 1.807) is 26.4 Å². The summed E-state index contributed by atoms with van der Waals surface area (Å²) in [7, 11) is 3.18. The molecule has 2 heterocycles. The van der Waals surface area contributed by atoms with E-state index in [1.165, 1.54) is 12.1 Å². The molecule has 1 aromatic heterocycles. The molecule has 0 saturated carbocycles. The third-order valence-electron chi connectivity index (χ3n) is 4.80. The topological polar surface area (TPSA) is 63.9 Å². The number of hydrogen-bond donors (Lipinski definition) is 0. The van der Waals surface area contributed by atoms with Crippen molar-refractivity contribution in [1.82, 2.24) is 10.1 Å². The van der Waals surface area contributed by atoms with Crippen LogP contribution < -0.4 is 19.3 Å². The molecule has 0 unspecified atom stereocenters. The Kier molecular flexibility index (Phi) is 5.01. The van der Waals surface area contributed by atoms with Gasteiger partial charge in [0.25, 0.3) is 0 Å². The fourth-order valence-electron chi connectivity index (χ4n) is 3.24. The van der Waals surface area contributed by atoms with Crippen LogP contribution >= 0.6 is 0 Å². The molecule has 0 bridgehead atoms. The van der Waals surface area contributed by atoms with Crippen molar-refractivity contribution < 1.29 is 18.4 Å². The summed E-state index contributed by atoms with van der Waals surface area (Å²) < 4.78 is 29.2. The summed E-state index contributed by atoms with van der Waals surface area (Å²) in [6.07, 6.45) is 0. The molecule has 0 atom stereocenters. The van der Waals surface area contributed by atoms with E-state index in [2.05, 4.69) is 19.9 Å². The first-order valence-electron chi connectivity index (χ1n) is 8.99. The monoisotopic (exact) mass is 384 g/mol. The lowest BCUT2D eigenvalue weighted by molar-refractivity contribution is 0.355. The molecule has 8 heteroatoms. The van der Waals surface area contributed by atoms with Crippen LogP contribution in [0.2, 0.25) is 0 Å². The number of rotatable bonds is 5. The Bertz CT molecular complexity index is 937. The molecule has 1 aliphatic rings. The number of halogens is 1. The molecule has 1 aliphatic heterocycles. The number of methoxy groups -OCH3 is 2. The van der Waals surface area contributed by atoms with Crippen LogP contribution in [-0.2, 0) is 0 Å². The number of ether oxygens (including phenoxy) is 2. The van der Waals surface area contributed by atoms with Gasteiger partial charge in [-0.15, -0.1) is 0 Å². The van der Waals surface area contributed by atoms with Gasteiger partial charge in [-0.25, -0.2) is 4.39 Å². The van der Waals surface area contributed by atoms with Crippen LogP contribution in [0.5, 0.6) is 11.5 Å². The van der Waals surface area contributed by atoms with Crippen molar-refractivity contribution in [2.24, 2.45) is 0 Å². The van der Waals surface area contributed by atoms with Crippen molar-refractivity contribution in [1.29, 1.82) is 0 Å². The summed E-state index contributed by atoms with van der Waals surface area (Å²) in [5.41, 5.74) is 1.80. The van der Waals surface area contributed by atoms with E-state index in [1.807, 2.05) is 18.2 Å². The Balaban J connectivity index is 1.45. The van der Waals surface area contributed by atoms with Crippen molar-refractivity contribution in [2.45, 2.75) is 0 Å². The maximum absolute atomic E-state index is 13.1. The summed E-state index contributed by atoms with van der Waals surface area (Å²) in [6, 6.07) is 12.5. The second-order valence-electron chi connectivity index (χ2n) is 6.42. The zero-order valence-electron chi connectivity index (χ0n) is 15.8. The van der Waals surface area contributed by atoms with E-state index in [-0.39, 0.29) is 5.82 Å². The molecule has 2 aromatic carbocycles. The highest BCUT2D eigenvalue weighted by Crippen LogP contribution is 2.32. The van der Waals surface area contributed by atoms with Gasteiger partial charge in [0.05, 0.1) is 14.2 Å². The van der Waals surface area contributed by atoms with Crippen LogP contribution in [-0.4, -0.2) is 50.5 Å². The third kappa shape index (κ3) is 3.58. The molecular weight excluding hydrogens is 363 g/mol. The van der Waals surface area contributed by atoms with Crippen molar-refractivity contribution in [3.63, 3.8) is 0 Å². The minimum Gasteiger partial charge on any atom is -0.493 e. The summed E-state index contributed by atoms with van der Waals surface area (Å²) in [5, 5.41) is 4.10. The van der Waals surface area contributed by atoms with Crippen LogP contribution in [0.1, 0.15) is 0 Å². The minimum atomic E-state index is -0.226. The molecule has 28 heavy (non-hydrogen) atoms. The third-order valence-corrected chi connectivity index (χ3v) is 4.80. The number of nitrogens with zero attached hydrogens (tertiary/aromatic N) is 4. The standard InChI is InChI=1S/C20H21FN4O3/c1-26-17-8-3-14(13-18(17)27-2)19-22-20(28-23-19)25-11-9-24(10-12-25)16-6-4-15(21)5-7-16/h3-8,13H,9-12H2,1-2H3. The molecule has 1 saturated heterocycles. The van der Waals surface area contributed by atoms with Crippen LogP contribution in [0, 0.1) is 5.82 Å². The molecule has 0 spiro atoms. The fourth-order valence-corrected chi connectivity index (χ4v) is 3.24. The van der Waals surface area contributed by atoms with Crippen molar-refractivity contribution in [3.8, 4) is 22.9 Å². The lowest BCUT2D eigenvalue weighted by atomic mass is 10.2. The molecule has 0 N–H and O–H groups in total. The predicted molar refractivity (Wildman–Crippen MR) is 104 cm³/mol. The first-order valence-corrected chi connectivity index (χ1v) is 8.99. The molecule has 0 radical (unpaired) electrons. The minimum absolute atomic E-state index is 0.226. The fraction of sp³-hybridized carbons (Fsp3) is 0.300. The van der Waals surface area contributed by atoms with Gasteiger partial charge in [-0.2, -0.15) is 4.98 Å². The van der Waals surface area contributed by atoms with Gasteiger partial charge < -0.3 is 23.8 Å². The van der Waals surface area contributed by atoms with Crippen LogP contribution in [0.25, 0.3) is 11.4 Å². The van der Waals surface area contributed by atoms with Crippen molar-refractivity contribution in [3.05, 3.63) is 48.3 Å². The maximum Gasteiger partial charge on any atom is 0.324 e. The molecular formula is C20H21FN4O3. The lowest BCUT2D eigenvalue weighted by Crippen LogP contribution is -2.46. The average Bonchev–Trinajstić information content (AvgIpc) is 3.24. The van der Waals surface area contributed by atoms with E-state index >= 15 is 0 Å². The summed E-state index contributed by atoms with van der Waals surface area (Å²) in [4.78, 5) is 8.79. The second-order valence-corrected chi connectivity index (χ2v) is 6.42. The predicted octanol–water partition coefficient (Wildman–Crippen LogP) is 3.22. The Morgan fingerprint density at radius 3 is 2.25 bits per heavy atom. The highest BCUT2D eigenvalue weighted by molar-refractivity contribution is 5.61. The number of aromatic nitrogens is 2. The molecule has 0 amide bonds. The quantitative estimate of drug-likeness (QED) is 0.669. The van der Waals surface area contributed by atoms with Crippen LogP contribution in [0.4, 0.5) is 16.1 Å². The maximum atomic E-state index is 13.1. The zero-order chi connectivity index (χ0) is 19.5. The largest absolute Gasteiger partial charge is 0.493 e. The molecule has 0 aliphatic carbocycles. The van der Waals surface area contributed by atoms with Crippen LogP contribution in [0.15, 0.2) is 47.0 Å². The van der Waals surface area contributed by atoms with E-state index in [9.17, 15) is 4.39 Å².